The molecule has 0 unspecified atom stereocenters. The Labute approximate surface area is 104 Å². The smallest absolute Gasteiger partial charge is 0.231 e. The number of amides is 1. The highest BCUT2D eigenvalue weighted by atomic mass is 16.3. The molecule has 2 heterocycles. The van der Waals surface area contributed by atoms with Crippen LogP contribution >= 0.6 is 0 Å². The van der Waals surface area contributed by atoms with Gasteiger partial charge in [-0.25, -0.2) is 9.50 Å². The number of carbonyl (C=O) groups is 1. The van der Waals surface area contributed by atoms with Gasteiger partial charge in [-0.15, -0.1) is 0 Å². The van der Waals surface area contributed by atoms with E-state index >= 15 is 0 Å². The van der Waals surface area contributed by atoms with Crippen molar-refractivity contribution in [3.8, 4) is 5.75 Å². The maximum Gasteiger partial charge on any atom is 0.231 e. The molecule has 0 aromatic carbocycles. The topological polar surface area (TPSA) is 70.7 Å². The molecule has 3 rings (SSSR count). The molecule has 1 aliphatic rings. The van der Waals surface area contributed by atoms with Crippen molar-refractivity contribution in [2.45, 2.75) is 19.8 Å². The van der Waals surface area contributed by atoms with Crippen molar-refractivity contribution in [2.75, 3.05) is 11.9 Å². The highest BCUT2D eigenvalue weighted by Gasteiger charge is 2.33. The molecular weight excluding hydrogens is 232 g/mol. The van der Waals surface area contributed by atoms with Crippen LogP contribution in [0.3, 0.4) is 0 Å². The number of anilines is 1. The summed E-state index contributed by atoms with van der Waals surface area (Å²) in [5.74, 6) is 0.902. The molecule has 0 bridgehead atoms. The normalized spacial score (nSPS) is 15.0. The standard InChI is InChI=1S/C12H14N4O2/c1-7-11-9(17)5-13-16(11)6-10(14-7)15(2)12(18)8-3-4-8/h5-6,8,17H,3-4H2,1-2H3. The molecule has 0 aliphatic heterocycles. The molecule has 2 aromatic rings. The van der Waals surface area contributed by atoms with Gasteiger partial charge in [-0.3, -0.25) is 9.69 Å². The zero-order chi connectivity index (χ0) is 12.9. The minimum atomic E-state index is 0.0950. The van der Waals surface area contributed by atoms with E-state index in [1.807, 2.05) is 0 Å². The van der Waals surface area contributed by atoms with E-state index in [-0.39, 0.29) is 17.6 Å². The summed E-state index contributed by atoms with van der Waals surface area (Å²) in [6.07, 6.45) is 4.96. The number of rotatable bonds is 2. The summed E-state index contributed by atoms with van der Waals surface area (Å²) in [5, 5.41) is 13.7. The maximum absolute atomic E-state index is 12.0. The lowest BCUT2D eigenvalue weighted by Gasteiger charge is -2.16. The molecule has 2 aromatic heterocycles. The highest BCUT2D eigenvalue weighted by Crippen LogP contribution is 2.32. The van der Waals surface area contributed by atoms with Gasteiger partial charge in [0.1, 0.15) is 5.52 Å². The fourth-order valence-corrected chi connectivity index (χ4v) is 2.04. The van der Waals surface area contributed by atoms with E-state index in [0.29, 0.717) is 17.0 Å². The molecule has 0 saturated heterocycles. The van der Waals surface area contributed by atoms with E-state index in [0.717, 1.165) is 12.8 Å². The molecule has 94 valence electrons. The van der Waals surface area contributed by atoms with Gasteiger partial charge < -0.3 is 5.11 Å². The third-order valence-corrected chi connectivity index (χ3v) is 3.24. The Morgan fingerprint density at radius 1 is 1.56 bits per heavy atom. The van der Waals surface area contributed by atoms with Gasteiger partial charge in [0.15, 0.2) is 11.6 Å². The first-order valence-corrected chi connectivity index (χ1v) is 5.89. The van der Waals surface area contributed by atoms with Gasteiger partial charge in [0.05, 0.1) is 18.1 Å². The van der Waals surface area contributed by atoms with Crippen LogP contribution in [0.1, 0.15) is 18.5 Å². The average molecular weight is 246 g/mol. The Morgan fingerprint density at radius 3 is 2.94 bits per heavy atom. The zero-order valence-electron chi connectivity index (χ0n) is 10.3. The second kappa shape index (κ2) is 3.69. The zero-order valence-corrected chi connectivity index (χ0v) is 10.3. The number of hydrogen-bond acceptors (Lipinski definition) is 4. The largest absolute Gasteiger partial charge is 0.504 e. The number of nitrogens with zero attached hydrogens (tertiary/aromatic N) is 4. The Hall–Kier alpha value is -2.11. The Morgan fingerprint density at radius 2 is 2.28 bits per heavy atom. The van der Waals surface area contributed by atoms with Crippen molar-refractivity contribution >= 4 is 17.2 Å². The molecule has 18 heavy (non-hydrogen) atoms. The molecule has 0 radical (unpaired) electrons. The van der Waals surface area contributed by atoms with E-state index in [1.54, 1.807) is 29.6 Å². The van der Waals surface area contributed by atoms with Crippen LogP contribution in [0.2, 0.25) is 0 Å². The highest BCUT2D eigenvalue weighted by molar-refractivity contribution is 5.95. The van der Waals surface area contributed by atoms with Crippen LogP contribution in [0, 0.1) is 12.8 Å². The third-order valence-electron chi connectivity index (χ3n) is 3.24. The van der Waals surface area contributed by atoms with Crippen molar-refractivity contribution in [1.82, 2.24) is 14.6 Å². The number of fused-ring (bicyclic) bond motifs is 1. The second-order valence-corrected chi connectivity index (χ2v) is 4.68. The van der Waals surface area contributed by atoms with E-state index in [2.05, 4.69) is 10.1 Å². The molecule has 6 heteroatoms. The first kappa shape index (κ1) is 11.0. The summed E-state index contributed by atoms with van der Waals surface area (Å²) in [4.78, 5) is 17.9. The summed E-state index contributed by atoms with van der Waals surface area (Å²) in [6, 6.07) is 0. The first-order chi connectivity index (χ1) is 8.58. The van der Waals surface area contributed by atoms with Crippen LogP contribution in [0.4, 0.5) is 5.82 Å². The molecule has 0 atom stereocenters. The number of aromatic nitrogens is 3. The van der Waals surface area contributed by atoms with Crippen molar-refractivity contribution in [2.24, 2.45) is 5.92 Å². The van der Waals surface area contributed by atoms with Crippen LogP contribution in [-0.2, 0) is 4.79 Å². The minimum absolute atomic E-state index is 0.0950. The SMILES string of the molecule is Cc1nc(N(C)C(=O)C2CC2)cn2ncc(O)c12. The number of hydrogen-bond donors (Lipinski definition) is 1. The van der Waals surface area contributed by atoms with Gasteiger partial charge in [0.25, 0.3) is 0 Å². The predicted octanol–water partition coefficient (Wildman–Crippen LogP) is 1.12. The van der Waals surface area contributed by atoms with Gasteiger partial charge >= 0.3 is 0 Å². The van der Waals surface area contributed by atoms with Gasteiger partial charge in [0, 0.05) is 13.0 Å². The minimum Gasteiger partial charge on any atom is -0.504 e. The van der Waals surface area contributed by atoms with Crippen LogP contribution in [0.15, 0.2) is 12.4 Å². The molecular formula is C12H14N4O2. The van der Waals surface area contributed by atoms with E-state index in [1.165, 1.54) is 6.20 Å². The summed E-state index contributed by atoms with van der Waals surface area (Å²) in [5.41, 5.74) is 1.23. The molecule has 1 saturated carbocycles. The summed E-state index contributed by atoms with van der Waals surface area (Å²) in [7, 11) is 1.72. The summed E-state index contributed by atoms with van der Waals surface area (Å²) in [6.45, 7) is 1.79. The Bertz CT molecular complexity index is 630. The second-order valence-electron chi connectivity index (χ2n) is 4.68. The molecule has 1 fully saturated rings. The fourth-order valence-electron chi connectivity index (χ4n) is 2.04. The lowest BCUT2D eigenvalue weighted by atomic mass is 10.3. The molecule has 1 N–H and O–H groups in total. The lowest BCUT2D eigenvalue weighted by Crippen LogP contribution is -2.29. The molecule has 6 nitrogen and oxygen atoms in total. The fraction of sp³-hybridized carbons (Fsp3) is 0.417. The van der Waals surface area contributed by atoms with E-state index in [9.17, 15) is 9.90 Å². The molecule has 1 aliphatic carbocycles. The van der Waals surface area contributed by atoms with Crippen LogP contribution in [0.25, 0.3) is 5.52 Å². The van der Waals surface area contributed by atoms with Crippen molar-refractivity contribution in [3.05, 3.63) is 18.1 Å². The van der Waals surface area contributed by atoms with Gasteiger partial charge in [-0.2, -0.15) is 5.10 Å². The summed E-state index contributed by atoms with van der Waals surface area (Å²) < 4.78 is 1.55. The van der Waals surface area contributed by atoms with Gasteiger partial charge in [-0.05, 0) is 19.8 Å². The van der Waals surface area contributed by atoms with E-state index < -0.39 is 0 Å². The number of aromatic hydroxyl groups is 1. The Balaban J connectivity index is 2.04. The predicted molar refractivity (Wildman–Crippen MR) is 65.5 cm³/mol. The van der Waals surface area contributed by atoms with Gasteiger partial charge in [0.2, 0.25) is 5.91 Å². The Kier molecular flexibility index (Phi) is 2.26. The molecule has 0 spiro atoms. The van der Waals surface area contributed by atoms with Gasteiger partial charge in [-0.1, -0.05) is 0 Å². The monoisotopic (exact) mass is 246 g/mol. The van der Waals surface area contributed by atoms with Crippen molar-refractivity contribution in [1.29, 1.82) is 0 Å². The lowest BCUT2D eigenvalue weighted by molar-refractivity contribution is -0.119. The van der Waals surface area contributed by atoms with E-state index in [4.69, 9.17) is 0 Å². The number of carbonyl (C=O) groups excluding carboxylic acids is 1. The quantitative estimate of drug-likeness (QED) is 0.861. The summed E-state index contributed by atoms with van der Waals surface area (Å²) >= 11 is 0. The average Bonchev–Trinajstić information content (AvgIpc) is 3.12. The number of aryl methyl sites for hydroxylation is 1. The van der Waals surface area contributed by atoms with Crippen molar-refractivity contribution < 1.29 is 9.90 Å². The van der Waals surface area contributed by atoms with Crippen LogP contribution in [-0.4, -0.2) is 32.7 Å². The van der Waals surface area contributed by atoms with Crippen LogP contribution in [0.5, 0.6) is 5.75 Å². The van der Waals surface area contributed by atoms with Crippen molar-refractivity contribution in [3.63, 3.8) is 0 Å². The third kappa shape index (κ3) is 1.61. The first-order valence-electron chi connectivity index (χ1n) is 5.89. The maximum atomic E-state index is 12.0. The van der Waals surface area contributed by atoms with Crippen LogP contribution < -0.4 is 4.90 Å². The molecule has 1 amide bonds.